The molecule has 0 aliphatic carbocycles. The molecule has 0 spiro atoms. The molecule has 1 N–H and O–H groups in total. The highest BCUT2D eigenvalue weighted by atomic mass is 16.5. The lowest BCUT2D eigenvalue weighted by molar-refractivity contribution is 0.281. The first-order valence-electron chi connectivity index (χ1n) is 8.21. The van der Waals surface area contributed by atoms with E-state index >= 15 is 0 Å². The van der Waals surface area contributed by atoms with Gasteiger partial charge in [-0.05, 0) is 24.3 Å². The maximum atomic E-state index is 10.0. The Morgan fingerprint density at radius 2 is 1.37 bits per heavy atom. The number of benzene rings is 2. The molecule has 27 heavy (non-hydrogen) atoms. The lowest BCUT2D eigenvalue weighted by atomic mass is 10.0. The molecule has 7 nitrogen and oxygen atoms in total. The van der Waals surface area contributed by atoms with Crippen LogP contribution in [0, 0.1) is 0 Å². The van der Waals surface area contributed by atoms with E-state index in [4.69, 9.17) is 23.5 Å². The zero-order chi connectivity index (χ0) is 19.4. The minimum absolute atomic E-state index is 0.265. The fourth-order valence-corrected chi connectivity index (χ4v) is 2.86. The summed E-state index contributed by atoms with van der Waals surface area (Å²) in [6, 6.07) is 10.7. The quantitative estimate of drug-likeness (QED) is 0.680. The first-order valence-corrected chi connectivity index (χ1v) is 8.21. The van der Waals surface area contributed by atoms with Gasteiger partial charge in [-0.2, -0.15) is 0 Å². The Morgan fingerprint density at radius 1 is 0.815 bits per heavy atom. The second-order valence-corrected chi connectivity index (χ2v) is 5.63. The van der Waals surface area contributed by atoms with Crippen LogP contribution in [0.5, 0.6) is 23.0 Å². The number of nitrogens with zero attached hydrogens (tertiary/aromatic N) is 1. The summed E-state index contributed by atoms with van der Waals surface area (Å²) in [4.78, 5) is 0. The summed E-state index contributed by atoms with van der Waals surface area (Å²) in [6.45, 7) is -0.265. The number of ether oxygens (including phenoxy) is 4. The van der Waals surface area contributed by atoms with Crippen LogP contribution in [0.4, 0.5) is 0 Å². The fraction of sp³-hybridized carbons (Fsp3) is 0.250. The van der Waals surface area contributed by atoms with Crippen molar-refractivity contribution in [1.29, 1.82) is 0 Å². The van der Waals surface area contributed by atoms with Crippen LogP contribution in [-0.4, -0.2) is 38.7 Å². The second kappa shape index (κ2) is 8.01. The van der Waals surface area contributed by atoms with Gasteiger partial charge in [-0.3, -0.25) is 0 Å². The molecule has 0 atom stereocenters. The second-order valence-electron chi connectivity index (χ2n) is 5.63. The van der Waals surface area contributed by atoms with Crippen LogP contribution >= 0.6 is 0 Å². The van der Waals surface area contributed by atoms with Crippen molar-refractivity contribution in [3.8, 4) is 45.6 Å². The van der Waals surface area contributed by atoms with E-state index in [2.05, 4.69) is 5.16 Å². The molecule has 7 heteroatoms. The Kier molecular flexibility index (Phi) is 5.52. The molecule has 0 aliphatic heterocycles. The molecule has 0 saturated carbocycles. The van der Waals surface area contributed by atoms with Crippen LogP contribution in [0.3, 0.4) is 0 Å². The monoisotopic (exact) mass is 371 g/mol. The van der Waals surface area contributed by atoms with Crippen LogP contribution < -0.4 is 18.9 Å². The van der Waals surface area contributed by atoms with Gasteiger partial charge >= 0.3 is 0 Å². The number of aliphatic hydroxyl groups is 1. The van der Waals surface area contributed by atoms with E-state index in [0.29, 0.717) is 51.1 Å². The number of methoxy groups -OCH3 is 4. The van der Waals surface area contributed by atoms with Crippen molar-refractivity contribution < 1.29 is 28.6 Å². The predicted molar refractivity (Wildman–Crippen MR) is 99.5 cm³/mol. The number of rotatable bonds is 7. The summed E-state index contributed by atoms with van der Waals surface area (Å²) in [5.41, 5.74) is 2.37. The lowest BCUT2D eigenvalue weighted by Gasteiger charge is -2.10. The van der Waals surface area contributed by atoms with E-state index in [-0.39, 0.29) is 6.61 Å². The molecular weight excluding hydrogens is 350 g/mol. The van der Waals surface area contributed by atoms with Crippen LogP contribution in [0.15, 0.2) is 40.9 Å². The molecule has 0 aliphatic rings. The highest BCUT2D eigenvalue weighted by Gasteiger charge is 2.23. The third kappa shape index (κ3) is 3.41. The summed E-state index contributed by atoms with van der Waals surface area (Å²) in [6.07, 6.45) is 0. The number of aromatic nitrogens is 1. The van der Waals surface area contributed by atoms with Crippen LogP contribution in [0.2, 0.25) is 0 Å². The molecule has 1 heterocycles. The van der Waals surface area contributed by atoms with Crippen molar-refractivity contribution in [2.75, 3.05) is 28.4 Å². The number of hydrogen-bond acceptors (Lipinski definition) is 7. The molecule has 0 saturated heterocycles. The minimum Gasteiger partial charge on any atom is -0.497 e. The van der Waals surface area contributed by atoms with Gasteiger partial charge in [-0.25, -0.2) is 0 Å². The third-order valence-corrected chi connectivity index (χ3v) is 4.26. The van der Waals surface area contributed by atoms with Gasteiger partial charge in [0.05, 0.1) is 46.2 Å². The van der Waals surface area contributed by atoms with E-state index in [1.54, 1.807) is 58.8 Å². The molecule has 2 aromatic carbocycles. The molecule has 1 aromatic heterocycles. The van der Waals surface area contributed by atoms with Gasteiger partial charge in [0.2, 0.25) is 0 Å². The number of hydrogen-bond donors (Lipinski definition) is 1. The molecule has 3 rings (SSSR count). The van der Waals surface area contributed by atoms with Gasteiger partial charge in [0.25, 0.3) is 0 Å². The van der Waals surface area contributed by atoms with Gasteiger partial charge in [-0.15, -0.1) is 0 Å². The fourth-order valence-electron chi connectivity index (χ4n) is 2.86. The Morgan fingerprint density at radius 3 is 1.89 bits per heavy atom. The van der Waals surface area contributed by atoms with Crippen LogP contribution in [0.25, 0.3) is 22.6 Å². The van der Waals surface area contributed by atoms with Crippen molar-refractivity contribution in [2.24, 2.45) is 0 Å². The topological polar surface area (TPSA) is 83.2 Å². The van der Waals surface area contributed by atoms with Gasteiger partial charge in [-0.1, -0.05) is 5.16 Å². The Balaban J connectivity index is 2.15. The van der Waals surface area contributed by atoms with Gasteiger partial charge < -0.3 is 28.6 Å². The molecule has 0 radical (unpaired) electrons. The summed E-state index contributed by atoms with van der Waals surface area (Å²) >= 11 is 0. The minimum atomic E-state index is -0.265. The number of aliphatic hydroxyl groups excluding tert-OH is 1. The Labute approximate surface area is 157 Å². The van der Waals surface area contributed by atoms with Gasteiger partial charge in [0.1, 0.15) is 28.7 Å². The highest BCUT2D eigenvalue weighted by molar-refractivity contribution is 5.79. The van der Waals surface area contributed by atoms with Crippen molar-refractivity contribution in [2.45, 2.75) is 6.61 Å². The Bertz CT molecular complexity index is 861. The van der Waals surface area contributed by atoms with Crippen molar-refractivity contribution >= 4 is 0 Å². The maximum Gasteiger partial charge on any atom is 0.176 e. The van der Waals surface area contributed by atoms with Crippen molar-refractivity contribution in [3.05, 3.63) is 42.0 Å². The molecule has 0 unspecified atom stereocenters. The standard InChI is InChI=1S/C20H21NO6/c1-23-12-5-7-14(17(9-12)25-3)19-16(11-22)20(27-21-19)15-8-6-13(24-2)10-18(15)26-4/h5-10,22H,11H2,1-4H3. The zero-order valence-corrected chi connectivity index (χ0v) is 15.6. The van der Waals surface area contributed by atoms with Crippen LogP contribution in [-0.2, 0) is 6.61 Å². The summed E-state index contributed by atoms with van der Waals surface area (Å²) in [5, 5.41) is 14.2. The maximum absolute atomic E-state index is 10.0. The molecule has 0 fully saturated rings. The van der Waals surface area contributed by atoms with Crippen LogP contribution in [0.1, 0.15) is 5.56 Å². The molecule has 142 valence electrons. The summed E-state index contributed by atoms with van der Waals surface area (Å²) < 4.78 is 26.9. The van der Waals surface area contributed by atoms with Crippen molar-refractivity contribution in [1.82, 2.24) is 5.16 Å². The molecule has 0 bridgehead atoms. The Hall–Kier alpha value is -3.19. The smallest absolute Gasteiger partial charge is 0.176 e. The lowest BCUT2D eigenvalue weighted by Crippen LogP contribution is -1.95. The molecule has 3 aromatic rings. The zero-order valence-electron chi connectivity index (χ0n) is 15.6. The summed E-state index contributed by atoms with van der Waals surface area (Å²) in [5.74, 6) is 2.84. The van der Waals surface area contributed by atoms with E-state index in [1.165, 1.54) is 0 Å². The molecular formula is C20H21NO6. The average Bonchev–Trinajstić information content (AvgIpc) is 3.16. The van der Waals surface area contributed by atoms with Gasteiger partial charge in [0, 0.05) is 17.7 Å². The first kappa shape index (κ1) is 18.6. The predicted octanol–water partition coefficient (Wildman–Crippen LogP) is 3.54. The van der Waals surface area contributed by atoms with E-state index in [9.17, 15) is 5.11 Å². The van der Waals surface area contributed by atoms with Gasteiger partial charge in [0.15, 0.2) is 5.76 Å². The largest absolute Gasteiger partial charge is 0.497 e. The first-order chi connectivity index (χ1) is 13.2. The van der Waals surface area contributed by atoms with E-state index in [1.807, 2.05) is 6.07 Å². The van der Waals surface area contributed by atoms with E-state index in [0.717, 1.165) is 0 Å². The third-order valence-electron chi connectivity index (χ3n) is 4.26. The van der Waals surface area contributed by atoms with E-state index < -0.39 is 0 Å². The summed E-state index contributed by atoms with van der Waals surface area (Å²) in [7, 11) is 6.28. The highest BCUT2D eigenvalue weighted by Crippen LogP contribution is 2.41. The average molecular weight is 371 g/mol. The molecule has 0 amide bonds. The van der Waals surface area contributed by atoms with Crippen molar-refractivity contribution in [3.63, 3.8) is 0 Å². The normalized spacial score (nSPS) is 10.6. The SMILES string of the molecule is COc1ccc(-c2noc(-c3ccc(OC)cc3OC)c2CO)c(OC)c1.